The van der Waals surface area contributed by atoms with Crippen LogP contribution < -0.4 is 0 Å². The zero-order valence-electron chi connectivity index (χ0n) is 11.7. The van der Waals surface area contributed by atoms with E-state index in [9.17, 15) is 14.0 Å². The fraction of sp³-hybridized carbons (Fsp3) is 0.125. The smallest absolute Gasteiger partial charge is 0.313 e. The van der Waals surface area contributed by atoms with Crippen molar-refractivity contribution in [3.8, 4) is 11.1 Å². The van der Waals surface area contributed by atoms with Crippen LogP contribution in [0.1, 0.15) is 16.1 Å². The third-order valence-corrected chi connectivity index (χ3v) is 4.33. The van der Waals surface area contributed by atoms with Gasteiger partial charge in [0.2, 0.25) is 0 Å². The molecule has 0 bridgehead atoms. The molecule has 2 heterocycles. The summed E-state index contributed by atoms with van der Waals surface area (Å²) in [5, 5.41) is 2.57. The van der Waals surface area contributed by atoms with Gasteiger partial charge in [-0.25, -0.2) is 4.39 Å². The maximum Gasteiger partial charge on any atom is 0.313 e. The average Bonchev–Trinajstić information content (AvgIpc) is 3.12. The van der Waals surface area contributed by atoms with Crippen LogP contribution in [0.4, 0.5) is 4.39 Å². The standard InChI is InChI=1S/C16H12FNO3S/c1-21-16(20)6-14(19)15-4-9(8-22-15)12-7-18-13-3-2-10(17)5-11(12)13/h2-5,7-8,18H,6H2,1H3. The Hall–Kier alpha value is -2.47. The van der Waals surface area contributed by atoms with Gasteiger partial charge in [-0.05, 0) is 35.2 Å². The first-order chi connectivity index (χ1) is 10.6. The molecule has 1 N–H and O–H groups in total. The lowest BCUT2D eigenvalue weighted by Crippen LogP contribution is -2.08. The molecular formula is C16H12FNO3S. The molecule has 0 spiro atoms. The third-order valence-electron chi connectivity index (χ3n) is 3.36. The quantitative estimate of drug-likeness (QED) is 0.452. The molecule has 0 aliphatic carbocycles. The van der Waals surface area contributed by atoms with E-state index in [1.54, 1.807) is 18.3 Å². The van der Waals surface area contributed by atoms with E-state index >= 15 is 0 Å². The molecule has 2 aromatic heterocycles. The molecule has 6 heteroatoms. The van der Waals surface area contributed by atoms with Gasteiger partial charge in [0, 0.05) is 22.7 Å². The molecule has 22 heavy (non-hydrogen) atoms. The monoisotopic (exact) mass is 317 g/mol. The summed E-state index contributed by atoms with van der Waals surface area (Å²) in [6.45, 7) is 0. The number of thiophene rings is 1. The lowest BCUT2D eigenvalue weighted by molar-refractivity contribution is -0.139. The van der Waals surface area contributed by atoms with E-state index < -0.39 is 5.97 Å². The Labute approximate surface area is 129 Å². The van der Waals surface area contributed by atoms with E-state index in [1.165, 1.54) is 30.6 Å². The Morgan fingerprint density at radius 1 is 1.32 bits per heavy atom. The van der Waals surface area contributed by atoms with E-state index in [0.29, 0.717) is 4.88 Å². The molecule has 0 fully saturated rings. The Balaban J connectivity index is 1.94. The molecule has 3 rings (SSSR count). The molecule has 0 aliphatic heterocycles. The van der Waals surface area contributed by atoms with Crippen molar-refractivity contribution in [3.63, 3.8) is 0 Å². The highest BCUT2D eigenvalue weighted by atomic mass is 32.1. The molecule has 112 valence electrons. The fourth-order valence-corrected chi connectivity index (χ4v) is 3.09. The number of carbonyl (C=O) groups excluding carboxylic acids is 2. The minimum absolute atomic E-state index is 0.279. The molecule has 4 nitrogen and oxygen atoms in total. The van der Waals surface area contributed by atoms with E-state index in [1.807, 2.05) is 5.38 Å². The summed E-state index contributed by atoms with van der Waals surface area (Å²) in [5.74, 6) is -1.16. The van der Waals surface area contributed by atoms with Crippen molar-refractivity contribution in [1.29, 1.82) is 0 Å². The molecule has 0 radical (unpaired) electrons. The molecule has 1 aromatic carbocycles. The number of H-pyrrole nitrogens is 1. The van der Waals surface area contributed by atoms with E-state index in [2.05, 4.69) is 9.72 Å². The number of methoxy groups -OCH3 is 1. The predicted octanol–water partition coefficient (Wildman–Crippen LogP) is 3.78. The maximum absolute atomic E-state index is 13.4. The largest absolute Gasteiger partial charge is 0.469 e. The number of ketones is 1. The molecule has 3 aromatic rings. The SMILES string of the molecule is COC(=O)CC(=O)c1cc(-c2c[nH]c3ccc(F)cc23)cs1. The van der Waals surface area contributed by atoms with E-state index in [4.69, 9.17) is 0 Å². The first-order valence-corrected chi connectivity index (χ1v) is 7.42. The Kier molecular flexibility index (Phi) is 3.77. The number of hydrogen-bond donors (Lipinski definition) is 1. The Bertz CT molecular complexity index is 865. The van der Waals surface area contributed by atoms with Gasteiger partial charge in [0.05, 0.1) is 12.0 Å². The number of aromatic amines is 1. The molecule has 0 atom stereocenters. The number of hydrogen-bond acceptors (Lipinski definition) is 4. The zero-order valence-corrected chi connectivity index (χ0v) is 12.5. The number of esters is 1. The molecule has 0 amide bonds. The van der Waals surface area contributed by atoms with Crippen molar-refractivity contribution >= 4 is 34.0 Å². The van der Waals surface area contributed by atoms with Crippen molar-refractivity contribution < 1.29 is 18.7 Å². The van der Waals surface area contributed by atoms with Crippen LogP contribution >= 0.6 is 11.3 Å². The highest BCUT2D eigenvalue weighted by Gasteiger charge is 2.16. The predicted molar refractivity (Wildman–Crippen MR) is 82.5 cm³/mol. The number of nitrogens with one attached hydrogen (secondary N) is 1. The van der Waals surface area contributed by atoms with Crippen molar-refractivity contribution in [2.75, 3.05) is 7.11 Å². The van der Waals surface area contributed by atoms with E-state index in [0.717, 1.165) is 22.0 Å². The van der Waals surface area contributed by atoms with Gasteiger partial charge < -0.3 is 9.72 Å². The molecular weight excluding hydrogens is 305 g/mol. The Morgan fingerprint density at radius 3 is 2.91 bits per heavy atom. The van der Waals surface area contributed by atoms with Gasteiger partial charge in [-0.2, -0.15) is 0 Å². The number of fused-ring (bicyclic) bond motifs is 1. The van der Waals surface area contributed by atoms with Crippen LogP contribution in [0.25, 0.3) is 22.0 Å². The second-order valence-corrected chi connectivity index (χ2v) is 5.68. The minimum Gasteiger partial charge on any atom is -0.469 e. The molecule has 0 saturated heterocycles. The second-order valence-electron chi connectivity index (χ2n) is 4.77. The van der Waals surface area contributed by atoms with Crippen LogP contribution in [-0.2, 0) is 9.53 Å². The van der Waals surface area contributed by atoms with Crippen molar-refractivity contribution in [2.45, 2.75) is 6.42 Å². The van der Waals surface area contributed by atoms with Gasteiger partial charge in [-0.1, -0.05) is 0 Å². The first kappa shape index (κ1) is 14.5. The summed E-state index contributed by atoms with van der Waals surface area (Å²) in [6.07, 6.45) is 1.50. The number of benzene rings is 1. The van der Waals surface area contributed by atoms with Crippen LogP contribution in [0, 0.1) is 5.82 Å². The maximum atomic E-state index is 13.4. The minimum atomic E-state index is -0.561. The van der Waals surface area contributed by atoms with Gasteiger partial charge in [-0.15, -0.1) is 11.3 Å². The fourth-order valence-electron chi connectivity index (χ4n) is 2.25. The number of Topliss-reactive ketones (excluding diaryl/α,β-unsaturated/α-hetero) is 1. The number of halogens is 1. The van der Waals surface area contributed by atoms with Crippen molar-refractivity contribution in [1.82, 2.24) is 4.98 Å². The van der Waals surface area contributed by atoms with Crippen molar-refractivity contribution in [2.24, 2.45) is 0 Å². The van der Waals surface area contributed by atoms with Crippen LogP contribution in [-0.4, -0.2) is 23.8 Å². The zero-order chi connectivity index (χ0) is 15.7. The van der Waals surface area contributed by atoms with Crippen LogP contribution in [0.2, 0.25) is 0 Å². The molecule has 0 aliphatic rings. The average molecular weight is 317 g/mol. The Morgan fingerprint density at radius 2 is 2.14 bits per heavy atom. The lowest BCUT2D eigenvalue weighted by Gasteiger charge is -1.97. The topological polar surface area (TPSA) is 59.2 Å². The van der Waals surface area contributed by atoms with Crippen LogP contribution in [0.3, 0.4) is 0 Å². The first-order valence-electron chi connectivity index (χ1n) is 6.54. The van der Waals surface area contributed by atoms with Crippen LogP contribution in [0.15, 0.2) is 35.8 Å². The number of ether oxygens (including phenoxy) is 1. The summed E-state index contributed by atoms with van der Waals surface area (Å²) in [6, 6.07) is 6.23. The summed E-state index contributed by atoms with van der Waals surface area (Å²) in [4.78, 5) is 26.7. The lowest BCUT2D eigenvalue weighted by atomic mass is 10.1. The summed E-state index contributed by atoms with van der Waals surface area (Å²) in [7, 11) is 1.25. The van der Waals surface area contributed by atoms with Gasteiger partial charge >= 0.3 is 5.97 Å². The highest BCUT2D eigenvalue weighted by Crippen LogP contribution is 2.32. The van der Waals surface area contributed by atoms with Gasteiger partial charge in [0.25, 0.3) is 0 Å². The molecule has 0 unspecified atom stereocenters. The number of aromatic nitrogens is 1. The normalized spacial score (nSPS) is 10.8. The number of carbonyl (C=O) groups is 2. The summed E-state index contributed by atoms with van der Waals surface area (Å²) in [5.41, 5.74) is 2.46. The van der Waals surface area contributed by atoms with Gasteiger partial charge in [-0.3, -0.25) is 9.59 Å². The second kappa shape index (κ2) is 5.73. The van der Waals surface area contributed by atoms with Gasteiger partial charge in [0.1, 0.15) is 12.2 Å². The summed E-state index contributed by atoms with van der Waals surface area (Å²) >= 11 is 1.26. The van der Waals surface area contributed by atoms with Crippen LogP contribution in [0.5, 0.6) is 0 Å². The van der Waals surface area contributed by atoms with Gasteiger partial charge in [0.15, 0.2) is 5.78 Å². The summed E-state index contributed by atoms with van der Waals surface area (Å²) < 4.78 is 17.9. The molecule has 0 saturated carbocycles. The highest BCUT2D eigenvalue weighted by molar-refractivity contribution is 7.12. The van der Waals surface area contributed by atoms with Crippen molar-refractivity contribution in [3.05, 3.63) is 46.5 Å². The third kappa shape index (κ3) is 2.65. The van der Waals surface area contributed by atoms with E-state index in [-0.39, 0.29) is 18.0 Å². The number of rotatable bonds is 4.